The van der Waals surface area contributed by atoms with Gasteiger partial charge in [-0.1, -0.05) is 30.3 Å². The van der Waals surface area contributed by atoms with E-state index in [1.54, 1.807) is 49.0 Å². The van der Waals surface area contributed by atoms with E-state index < -0.39 is 17.9 Å². The predicted molar refractivity (Wildman–Crippen MR) is 72.2 cm³/mol. The van der Waals surface area contributed by atoms with Crippen LogP contribution in [0.1, 0.15) is 27.7 Å². The maximum atomic E-state index is 12.1. The molecule has 1 heterocycles. The Kier molecular flexibility index (Phi) is 3.84. The number of carbonyl (C=O) groups excluding carboxylic acids is 1. The first kappa shape index (κ1) is 13.8. The number of rotatable bonds is 4. The molecule has 1 amide bonds. The van der Waals surface area contributed by atoms with Gasteiger partial charge in [0.15, 0.2) is 6.04 Å². The minimum Gasteiger partial charge on any atom is -0.479 e. The first-order valence-corrected chi connectivity index (χ1v) is 6.08. The smallest absolute Gasteiger partial charge is 0.330 e. The van der Waals surface area contributed by atoms with E-state index in [0.29, 0.717) is 16.8 Å². The summed E-state index contributed by atoms with van der Waals surface area (Å²) in [5, 5.41) is 15.7. The maximum absolute atomic E-state index is 12.1. The third-order valence-corrected chi connectivity index (χ3v) is 3.14. The number of amides is 1. The average molecular weight is 273 g/mol. The van der Waals surface area contributed by atoms with Gasteiger partial charge in [-0.2, -0.15) is 5.10 Å². The quantitative estimate of drug-likeness (QED) is 0.879. The fourth-order valence-corrected chi connectivity index (χ4v) is 1.86. The Labute approximate surface area is 116 Å². The molecule has 1 aromatic carbocycles. The van der Waals surface area contributed by atoms with Crippen LogP contribution in [0.15, 0.2) is 36.5 Å². The van der Waals surface area contributed by atoms with Gasteiger partial charge < -0.3 is 10.4 Å². The lowest BCUT2D eigenvalue weighted by Crippen LogP contribution is -2.33. The van der Waals surface area contributed by atoms with Crippen molar-refractivity contribution in [2.24, 2.45) is 7.05 Å². The standard InChI is InChI=1S/C14H15N3O3/c1-9-11(8-15-17(9)2)13(18)16-12(14(19)20)10-6-4-3-5-7-10/h3-8,12H,1-2H3,(H,16,18)(H,19,20)/t12-/m0/s1. The van der Waals surface area contributed by atoms with Crippen LogP contribution in [0.3, 0.4) is 0 Å². The second-order valence-electron chi connectivity index (χ2n) is 4.42. The van der Waals surface area contributed by atoms with Crippen molar-refractivity contribution in [3.63, 3.8) is 0 Å². The minimum atomic E-state index is -1.11. The molecule has 20 heavy (non-hydrogen) atoms. The van der Waals surface area contributed by atoms with Crippen LogP contribution in [0.2, 0.25) is 0 Å². The zero-order valence-corrected chi connectivity index (χ0v) is 11.2. The van der Waals surface area contributed by atoms with E-state index in [0.717, 1.165) is 0 Å². The van der Waals surface area contributed by atoms with Crippen molar-refractivity contribution in [2.75, 3.05) is 0 Å². The van der Waals surface area contributed by atoms with E-state index in [1.165, 1.54) is 6.20 Å². The number of carboxylic acids is 1. The first-order valence-electron chi connectivity index (χ1n) is 6.08. The van der Waals surface area contributed by atoms with Crippen molar-refractivity contribution in [1.29, 1.82) is 0 Å². The zero-order valence-electron chi connectivity index (χ0n) is 11.2. The van der Waals surface area contributed by atoms with Crippen molar-refractivity contribution >= 4 is 11.9 Å². The highest BCUT2D eigenvalue weighted by molar-refractivity contribution is 5.97. The summed E-state index contributed by atoms with van der Waals surface area (Å²) in [6.07, 6.45) is 1.43. The number of aromatic nitrogens is 2. The molecule has 0 aliphatic heterocycles. The summed E-state index contributed by atoms with van der Waals surface area (Å²) in [4.78, 5) is 23.5. The van der Waals surface area contributed by atoms with Crippen molar-refractivity contribution < 1.29 is 14.7 Å². The fraction of sp³-hybridized carbons (Fsp3) is 0.214. The van der Waals surface area contributed by atoms with Gasteiger partial charge in [-0.3, -0.25) is 9.48 Å². The number of carbonyl (C=O) groups is 2. The predicted octanol–water partition coefficient (Wildman–Crippen LogP) is 1.28. The number of aryl methyl sites for hydroxylation is 1. The van der Waals surface area contributed by atoms with Crippen LogP contribution < -0.4 is 5.32 Å². The molecule has 0 aliphatic carbocycles. The molecule has 0 radical (unpaired) electrons. The normalized spacial score (nSPS) is 11.9. The van der Waals surface area contributed by atoms with Crippen LogP contribution in [0.5, 0.6) is 0 Å². The van der Waals surface area contributed by atoms with E-state index in [9.17, 15) is 14.7 Å². The van der Waals surface area contributed by atoms with Gasteiger partial charge in [0.25, 0.3) is 5.91 Å². The van der Waals surface area contributed by atoms with E-state index >= 15 is 0 Å². The van der Waals surface area contributed by atoms with Gasteiger partial charge in [0.2, 0.25) is 0 Å². The molecule has 1 atom stereocenters. The summed E-state index contributed by atoms with van der Waals surface area (Å²) in [5.41, 5.74) is 1.57. The molecule has 2 aromatic rings. The largest absolute Gasteiger partial charge is 0.479 e. The zero-order chi connectivity index (χ0) is 14.7. The van der Waals surface area contributed by atoms with Gasteiger partial charge in [-0.25, -0.2) is 4.79 Å². The topological polar surface area (TPSA) is 84.2 Å². The highest BCUT2D eigenvalue weighted by atomic mass is 16.4. The Bertz CT molecular complexity index is 634. The van der Waals surface area contributed by atoms with E-state index in [4.69, 9.17) is 0 Å². The number of nitrogens with one attached hydrogen (secondary N) is 1. The van der Waals surface area contributed by atoms with Crippen LogP contribution in [0, 0.1) is 6.92 Å². The van der Waals surface area contributed by atoms with E-state index in [2.05, 4.69) is 10.4 Å². The molecule has 0 unspecified atom stereocenters. The number of nitrogens with zero attached hydrogens (tertiary/aromatic N) is 2. The number of hydrogen-bond donors (Lipinski definition) is 2. The summed E-state index contributed by atoms with van der Waals surface area (Å²) in [7, 11) is 1.72. The number of hydrogen-bond acceptors (Lipinski definition) is 3. The van der Waals surface area contributed by atoms with Gasteiger partial charge in [0, 0.05) is 12.7 Å². The molecule has 2 N–H and O–H groups in total. The molecule has 6 nitrogen and oxygen atoms in total. The van der Waals surface area contributed by atoms with Crippen LogP contribution in [0.4, 0.5) is 0 Å². The van der Waals surface area contributed by atoms with Crippen molar-refractivity contribution in [2.45, 2.75) is 13.0 Å². The molecule has 0 fully saturated rings. The molecule has 0 spiro atoms. The Balaban J connectivity index is 2.24. The van der Waals surface area contributed by atoms with E-state index in [1.807, 2.05) is 0 Å². The molecule has 0 bridgehead atoms. The summed E-state index contributed by atoms with van der Waals surface area (Å²) in [5.74, 6) is -1.56. The molecule has 0 saturated heterocycles. The lowest BCUT2D eigenvalue weighted by molar-refractivity contribution is -0.139. The van der Waals surface area contributed by atoms with Crippen LogP contribution in [-0.4, -0.2) is 26.8 Å². The van der Waals surface area contributed by atoms with Crippen molar-refractivity contribution in [1.82, 2.24) is 15.1 Å². The highest BCUT2D eigenvalue weighted by Crippen LogP contribution is 2.14. The molecular weight excluding hydrogens is 258 g/mol. The number of benzene rings is 1. The SMILES string of the molecule is Cc1c(C(=O)N[C@H](C(=O)O)c2ccccc2)cnn1C. The minimum absolute atomic E-state index is 0.370. The second kappa shape index (κ2) is 5.56. The van der Waals surface area contributed by atoms with Gasteiger partial charge in [0.1, 0.15) is 0 Å². The lowest BCUT2D eigenvalue weighted by Gasteiger charge is -2.14. The molecule has 2 rings (SSSR count). The first-order chi connectivity index (χ1) is 9.50. The Morgan fingerprint density at radius 1 is 1.30 bits per heavy atom. The summed E-state index contributed by atoms with van der Waals surface area (Å²) < 4.78 is 1.56. The molecule has 1 aromatic heterocycles. The van der Waals surface area contributed by atoms with Crippen LogP contribution in [0.25, 0.3) is 0 Å². The lowest BCUT2D eigenvalue weighted by atomic mass is 10.1. The monoisotopic (exact) mass is 273 g/mol. The summed E-state index contributed by atoms with van der Waals surface area (Å²) in [6, 6.07) is 7.49. The Morgan fingerprint density at radius 3 is 2.45 bits per heavy atom. The van der Waals surface area contributed by atoms with Crippen LogP contribution >= 0.6 is 0 Å². The molecule has 0 aliphatic rings. The molecular formula is C14H15N3O3. The fourth-order valence-electron chi connectivity index (χ4n) is 1.86. The van der Waals surface area contributed by atoms with Gasteiger partial charge in [-0.05, 0) is 12.5 Å². The van der Waals surface area contributed by atoms with Crippen molar-refractivity contribution in [3.8, 4) is 0 Å². The van der Waals surface area contributed by atoms with E-state index in [-0.39, 0.29) is 0 Å². The van der Waals surface area contributed by atoms with Gasteiger partial charge in [-0.15, -0.1) is 0 Å². The maximum Gasteiger partial charge on any atom is 0.330 e. The number of aliphatic carboxylic acids is 1. The van der Waals surface area contributed by atoms with Crippen molar-refractivity contribution in [3.05, 3.63) is 53.3 Å². The van der Waals surface area contributed by atoms with Gasteiger partial charge in [0.05, 0.1) is 11.8 Å². The highest BCUT2D eigenvalue weighted by Gasteiger charge is 2.24. The molecule has 6 heteroatoms. The average Bonchev–Trinajstić information content (AvgIpc) is 2.77. The Morgan fingerprint density at radius 2 is 1.95 bits per heavy atom. The third kappa shape index (κ3) is 2.69. The third-order valence-electron chi connectivity index (χ3n) is 3.14. The number of carboxylic acid groups (broad SMARTS) is 1. The van der Waals surface area contributed by atoms with Crippen LogP contribution in [-0.2, 0) is 11.8 Å². The molecule has 104 valence electrons. The Hall–Kier alpha value is -2.63. The van der Waals surface area contributed by atoms with Gasteiger partial charge >= 0.3 is 5.97 Å². The molecule has 0 saturated carbocycles. The summed E-state index contributed by atoms with van der Waals surface area (Å²) in [6.45, 7) is 1.75. The summed E-state index contributed by atoms with van der Waals surface area (Å²) >= 11 is 0. The second-order valence-corrected chi connectivity index (χ2v) is 4.42.